The third kappa shape index (κ3) is 3.15. The van der Waals surface area contributed by atoms with Gasteiger partial charge in [-0.2, -0.15) is 13.2 Å². The van der Waals surface area contributed by atoms with Crippen LogP contribution in [0, 0.1) is 10.1 Å². The van der Waals surface area contributed by atoms with Crippen LogP contribution in [0.5, 0.6) is 0 Å². The molecule has 26 heavy (non-hydrogen) atoms. The first kappa shape index (κ1) is 17.6. The molecule has 3 rings (SSSR count). The second-order valence-electron chi connectivity index (χ2n) is 5.69. The summed E-state index contributed by atoms with van der Waals surface area (Å²) < 4.78 is 40.7. The monoisotopic (exact) mass is 366 g/mol. The van der Waals surface area contributed by atoms with Gasteiger partial charge in [0.05, 0.1) is 17.8 Å². The molecule has 8 nitrogen and oxygen atoms in total. The first-order valence-electron chi connectivity index (χ1n) is 7.38. The minimum Gasteiger partial charge on any atom is -0.361 e. The number of rotatable bonds is 4. The minimum atomic E-state index is -4.73. The number of benzene rings is 1. The lowest BCUT2D eigenvalue weighted by atomic mass is 10.2. The molecule has 0 radical (unpaired) electrons. The number of fused-ring (bicyclic) bond motifs is 1. The fraction of sp³-hybridized carbons (Fsp3) is 0.267. The Labute approximate surface area is 145 Å². The van der Waals surface area contributed by atoms with Gasteiger partial charge in [-0.25, -0.2) is 15.0 Å². The summed E-state index contributed by atoms with van der Waals surface area (Å²) in [6.07, 6.45) is -3.43. The van der Waals surface area contributed by atoms with Crippen LogP contribution in [0.15, 0.2) is 30.6 Å². The van der Waals surface area contributed by atoms with Gasteiger partial charge in [-0.3, -0.25) is 10.1 Å². The smallest absolute Gasteiger partial charge is 0.361 e. The van der Waals surface area contributed by atoms with Crippen LogP contribution in [0.3, 0.4) is 0 Å². The number of nitrogens with zero attached hydrogens (tertiary/aromatic N) is 6. The Hall–Kier alpha value is -3.24. The maximum atomic E-state index is 13.1. The van der Waals surface area contributed by atoms with Crippen molar-refractivity contribution in [1.29, 1.82) is 0 Å². The van der Waals surface area contributed by atoms with Crippen molar-refractivity contribution in [3.05, 3.63) is 52.1 Å². The number of para-hydroxylation sites is 1. The first-order valence-corrected chi connectivity index (χ1v) is 7.38. The fourth-order valence-corrected chi connectivity index (χ4v) is 2.49. The standard InChI is InChI=1S/C15H13F3N6O2/c1-22(2)12-11-13(21-14(20-12)15(16,17)18)23(8-19-11)7-9-5-3-4-6-10(9)24(25)26/h3-6,8H,7H2,1-2H3. The first-order chi connectivity index (χ1) is 12.2. The zero-order chi connectivity index (χ0) is 19.1. The summed E-state index contributed by atoms with van der Waals surface area (Å²) in [7, 11) is 3.09. The van der Waals surface area contributed by atoms with Crippen LogP contribution in [-0.4, -0.2) is 38.5 Å². The highest BCUT2D eigenvalue weighted by Crippen LogP contribution is 2.31. The van der Waals surface area contributed by atoms with Gasteiger partial charge in [0.1, 0.15) is 0 Å². The van der Waals surface area contributed by atoms with E-state index in [0.717, 1.165) is 0 Å². The van der Waals surface area contributed by atoms with Crippen LogP contribution in [0.1, 0.15) is 11.4 Å². The zero-order valence-electron chi connectivity index (χ0n) is 13.7. The van der Waals surface area contributed by atoms with Crippen molar-refractivity contribution >= 4 is 22.7 Å². The lowest BCUT2D eigenvalue weighted by Gasteiger charge is -2.14. The highest BCUT2D eigenvalue weighted by atomic mass is 19.4. The van der Waals surface area contributed by atoms with Crippen molar-refractivity contribution in [3.63, 3.8) is 0 Å². The van der Waals surface area contributed by atoms with E-state index in [2.05, 4.69) is 15.0 Å². The van der Waals surface area contributed by atoms with Crippen LogP contribution in [0.25, 0.3) is 11.2 Å². The summed E-state index contributed by atoms with van der Waals surface area (Å²) in [5.41, 5.74) is 0.332. The van der Waals surface area contributed by atoms with Crippen molar-refractivity contribution in [3.8, 4) is 0 Å². The number of halogens is 3. The van der Waals surface area contributed by atoms with Crippen LogP contribution in [0.4, 0.5) is 24.7 Å². The van der Waals surface area contributed by atoms with Gasteiger partial charge in [-0.1, -0.05) is 18.2 Å². The van der Waals surface area contributed by atoms with Gasteiger partial charge in [0.2, 0.25) is 5.82 Å². The normalized spacial score (nSPS) is 11.7. The number of anilines is 1. The maximum Gasteiger partial charge on any atom is 0.451 e. The SMILES string of the molecule is CN(C)c1nc(C(F)(F)F)nc2c1ncn2Cc1ccccc1[N+](=O)[O-]. The average Bonchev–Trinajstić information content (AvgIpc) is 2.96. The van der Waals surface area contributed by atoms with Gasteiger partial charge >= 0.3 is 6.18 Å². The van der Waals surface area contributed by atoms with E-state index in [4.69, 9.17) is 0 Å². The third-order valence-electron chi connectivity index (χ3n) is 3.65. The summed E-state index contributed by atoms with van der Waals surface area (Å²) in [6.45, 7) is -0.0468. The number of hydrogen-bond donors (Lipinski definition) is 0. The molecule has 136 valence electrons. The predicted octanol–water partition coefficient (Wildman–Crippen LogP) is 2.87. The Kier molecular flexibility index (Phi) is 4.22. The van der Waals surface area contributed by atoms with Crippen LogP contribution in [-0.2, 0) is 12.7 Å². The second-order valence-corrected chi connectivity index (χ2v) is 5.69. The van der Waals surface area contributed by atoms with Crippen molar-refractivity contribution in [2.75, 3.05) is 19.0 Å². The molecule has 0 unspecified atom stereocenters. The zero-order valence-corrected chi connectivity index (χ0v) is 13.7. The highest BCUT2D eigenvalue weighted by Gasteiger charge is 2.36. The third-order valence-corrected chi connectivity index (χ3v) is 3.65. The van der Waals surface area contributed by atoms with E-state index in [1.54, 1.807) is 20.2 Å². The molecule has 2 heterocycles. The minimum absolute atomic E-state index is 0.0173. The van der Waals surface area contributed by atoms with Gasteiger partial charge in [-0.15, -0.1) is 0 Å². The number of hydrogen-bond acceptors (Lipinski definition) is 6. The molecule has 0 aliphatic heterocycles. The fourth-order valence-electron chi connectivity index (χ4n) is 2.49. The predicted molar refractivity (Wildman–Crippen MR) is 86.9 cm³/mol. The molecule has 2 aromatic heterocycles. The molecule has 0 fully saturated rings. The molecule has 0 aliphatic rings. The maximum absolute atomic E-state index is 13.1. The average molecular weight is 366 g/mol. The topological polar surface area (TPSA) is 90.0 Å². The van der Waals surface area contributed by atoms with Crippen LogP contribution < -0.4 is 4.90 Å². The van der Waals surface area contributed by atoms with E-state index >= 15 is 0 Å². The highest BCUT2D eigenvalue weighted by molar-refractivity contribution is 5.83. The van der Waals surface area contributed by atoms with Gasteiger partial charge in [0, 0.05) is 25.7 Å². The molecule has 0 saturated heterocycles. The molecule has 1 aromatic carbocycles. The molecule has 0 saturated carbocycles. The van der Waals surface area contributed by atoms with E-state index < -0.39 is 16.9 Å². The number of nitro benzene ring substituents is 1. The van der Waals surface area contributed by atoms with Crippen molar-refractivity contribution in [1.82, 2.24) is 19.5 Å². The molecule has 0 aliphatic carbocycles. The Bertz CT molecular complexity index is 983. The summed E-state index contributed by atoms with van der Waals surface area (Å²) in [5, 5.41) is 11.1. The van der Waals surface area contributed by atoms with Crippen molar-refractivity contribution < 1.29 is 18.1 Å². The molecule has 0 bridgehead atoms. The van der Waals surface area contributed by atoms with E-state index in [0.29, 0.717) is 5.56 Å². The number of aromatic nitrogens is 4. The van der Waals surface area contributed by atoms with E-state index in [1.807, 2.05) is 0 Å². The van der Waals surface area contributed by atoms with Crippen LogP contribution in [0.2, 0.25) is 0 Å². The van der Waals surface area contributed by atoms with Crippen molar-refractivity contribution in [2.45, 2.75) is 12.7 Å². The second kappa shape index (κ2) is 6.24. The Balaban J connectivity index is 2.17. The lowest BCUT2D eigenvalue weighted by molar-refractivity contribution is -0.385. The van der Waals surface area contributed by atoms with Crippen LogP contribution >= 0.6 is 0 Å². The van der Waals surface area contributed by atoms with Gasteiger partial charge in [0.15, 0.2) is 17.0 Å². The number of imidazole rings is 1. The van der Waals surface area contributed by atoms with Gasteiger partial charge in [0.25, 0.3) is 5.69 Å². The molecular weight excluding hydrogens is 353 g/mol. The van der Waals surface area contributed by atoms with Gasteiger partial charge in [-0.05, 0) is 0 Å². The molecule has 11 heteroatoms. The Morgan fingerprint density at radius 3 is 2.54 bits per heavy atom. The summed E-state index contributed by atoms with van der Waals surface area (Å²) in [6, 6.07) is 5.99. The molecule has 0 spiro atoms. The summed E-state index contributed by atoms with van der Waals surface area (Å²) in [4.78, 5) is 23.2. The molecule has 3 aromatic rings. The largest absolute Gasteiger partial charge is 0.451 e. The Morgan fingerprint density at radius 2 is 1.92 bits per heavy atom. The number of alkyl halides is 3. The molecule has 0 atom stereocenters. The van der Waals surface area contributed by atoms with Crippen molar-refractivity contribution in [2.24, 2.45) is 0 Å². The summed E-state index contributed by atoms with van der Waals surface area (Å²) in [5.74, 6) is -1.28. The van der Waals surface area contributed by atoms with E-state index in [9.17, 15) is 23.3 Å². The lowest BCUT2D eigenvalue weighted by Crippen LogP contribution is -2.18. The molecule has 0 N–H and O–H groups in total. The van der Waals surface area contributed by atoms with E-state index in [-0.39, 0.29) is 29.2 Å². The number of nitro groups is 1. The van der Waals surface area contributed by atoms with Gasteiger partial charge < -0.3 is 9.47 Å². The van der Waals surface area contributed by atoms with E-state index in [1.165, 1.54) is 34.0 Å². The quantitative estimate of drug-likeness (QED) is 0.521. The molecular formula is C15H13F3N6O2. The Morgan fingerprint density at radius 1 is 1.23 bits per heavy atom. The molecule has 0 amide bonds. The summed E-state index contributed by atoms with van der Waals surface area (Å²) >= 11 is 0.